The number of hydrogen-bond acceptors (Lipinski definition) is 6. The molecule has 1 aromatic heterocycles. The zero-order valence-electron chi connectivity index (χ0n) is 18.8. The van der Waals surface area contributed by atoms with E-state index in [0.717, 1.165) is 16.8 Å². The number of hydrogen-bond donors (Lipinski definition) is 2. The highest BCUT2D eigenvalue weighted by Gasteiger charge is 2.18. The number of carbonyl (C=O) groups is 1. The van der Waals surface area contributed by atoms with E-state index in [1.54, 1.807) is 30.6 Å². The van der Waals surface area contributed by atoms with Gasteiger partial charge in [-0.3, -0.25) is 15.1 Å². The molecule has 8 nitrogen and oxygen atoms in total. The number of carbonyl (C=O) groups excluding carboxylic acids is 1. The Bertz CT molecular complexity index is 1130. The fraction of sp³-hybridized carbons (Fsp3) is 0.208. The number of benzene rings is 2. The number of ether oxygens (including phenoxy) is 3. The molecule has 2 aromatic carbocycles. The average Bonchev–Trinajstić information content (AvgIpc) is 2.84. The van der Waals surface area contributed by atoms with Gasteiger partial charge in [0.1, 0.15) is 0 Å². The molecule has 3 aromatic rings. The lowest BCUT2D eigenvalue weighted by Gasteiger charge is -2.16. The summed E-state index contributed by atoms with van der Waals surface area (Å²) >= 11 is 6.25. The van der Waals surface area contributed by atoms with Crippen LogP contribution in [0.1, 0.15) is 21.5 Å². The lowest BCUT2D eigenvalue weighted by molar-refractivity contribution is 0.0976. The second kappa shape index (κ2) is 11.2. The summed E-state index contributed by atoms with van der Waals surface area (Å²) in [6, 6.07) is 12.3. The van der Waals surface area contributed by atoms with Gasteiger partial charge in [-0.1, -0.05) is 23.7 Å². The number of rotatable bonds is 7. The molecule has 0 aliphatic heterocycles. The number of amides is 1. The maximum Gasteiger partial charge on any atom is 0.258 e. The van der Waals surface area contributed by atoms with Gasteiger partial charge in [0.2, 0.25) is 11.7 Å². The first-order valence-electron chi connectivity index (χ1n) is 10.0. The first-order chi connectivity index (χ1) is 16.0. The van der Waals surface area contributed by atoms with E-state index < -0.39 is 5.91 Å². The number of methoxy groups -OCH3 is 3. The summed E-state index contributed by atoms with van der Waals surface area (Å²) in [7, 11) is 4.48. The molecule has 0 saturated carbocycles. The third kappa shape index (κ3) is 5.93. The normalized spacial score (nSPS) is 11.0. The van der Waals surface area contributed by atoms with Gasteiger partial charge in [-0.05, 0) is 48.4 Å². The van der Waals surface area contributed by atoms with Crippen LogP contribution in [-0.4, -0.2) is 38.2 Å². The zero-order valence-corrected chi connectivity index (χ0v) is 19.6. The Balaban J connectivity index is 1.92. The van der Waals surface area contributed by atoms with Crippen molar-refractivity contribution < 1.29 is 19.0 Å². The second-order valence-electron chi connectivity index (χ2n) is 6.93. The van der Waals surface area contributed by atoms with Gasteiger partial charge in [0, 0.05) is 28.7 Å². The predicted molar refractivity (Wildman–Crippen MR) is 129 cm³/mol. The molecule has 0 bridgehead atoms. The minimum Gasteiger partial charge on any atom is -0.493 e. The first-order valence-corrected chi connectivity index (χ1v) is 10.4. The van der Waals surface area contributed by atoms with Crippen LogP contribution in [-0.2, 0) is 6.54 Å². The predicted octanol–water partition coefficient (Wildman–Crippen LogP) is 4.47. The van der Waals surface area contributed by atoms with E-state index in [1.807, 2.05) is 31.2 Å². The number of pyridine rings is 1. The van der Waals surface area contributed by atoms with Crippen LogP contribution in [0.25, 0.3) is 0 Å². The molecule has 0 atom stereocenters. The fourth-order valence-electron chi connectivity index (χ4n) is 3.03. The summed E-state index contributed by atoms with van der Waals surface area (Å²) in [5.74, 6) is 0.980. The molecule has 0 aliphatic carbocycles. The third-order valence-electron chi connectivity index (χ3n) is 4.82. The Labute approximate surface area is 197 Å². The molecule has 9 heteroatoms. The van der Waals surface area contributed by atoms with Crippen molar-refractivity contribution in [1.82, 2.24) is 10.3 Å². The molecule has 0 saturated heterocycles. The maximum atomic E-state index is 13.1. The van der Waals surface area contributed by atoms with Gasteiger partial charge in [-0.2, -0.15) is 0 Å². The summed E-state index contributed by atoms with van der Waals surface area (Å²) in [5.41, 5.74) is 2.75. The summed E-state index contributed by atoms with van der Waals surface area (Å²) < 4.78 is 16.0. The molecule has 3 rings (SSSR count). The SMILES string of the molecule is COc1cc(C(=O)NC(=NCc2cccnc2)Nc2cccc(Cl)c2C)cc(OC)c1OC. The van der Waals surface area contributed by atoms with Gasteiger partial charge in [0.05, 0.1) is 27.9 Å². The van der Waals surface area contributed by atoms with E-state index in [0.29, 0.717) is 34.4 Å². The van der Waals surface area contributed by atoms with Gasteiger partial charge >= 0.3 is 0 Å². The molecule has 0 unspecified atom stereocenters. The first kappa shape index (κ1) is 23.9. The van der Waals surface area contributed by atoms with Crippen molar-refractivity contribution >= 4 is 29.2 Å². The lowest BCUT2D eigenvalue weighted by atomic mass is 10.1. The topological polar surface area (TPSA) is 94.1 Å². The largest absolute Gasteiger partial charge is 0.493 e. The highest BCUT2D eigenvalue weighted by atomic mass is 35.5. The number of aromatic nitrogens is 1. The van der Waals surface area contributed by atoms with Crippen molar-refractivity contribution in [3.05, 3.63) is 76.6 Å². The molecule has 1 heterocycles. The van der Waals surface area contributed by atoms with Gasteiger partial charge in [-0.15, -0.1) is 0 Å². The molecule has 0 radical (unpaired) electrons. The Morgan fingerprint density at radius 1 is 1.06 bits per heavy atom. The maximum absolute atomic E-state index is 13.1. The fourth-order valence-corrected chi connectivity index (χ4v) is 3.21. The Hall–Kier alpha value is -3.78. The number of anilines is 1. The lowest BCUT2D eigenvalue weighted by Crippen LogP contribution is -2.36. The number of halogens is 1. The van der Waals surface area contributed by atoms with E-state index in [9.17, 15) is 4.79 Å². The van der Waals surface area contributed by atoms with Crippen LogP contribution in [0.3, 0.4) is 0 Å². The highest BCUT2D eigenvalue weighted by molar-refractivity contribution is 6.31. The van der Waals surface area contributed by atoms with Crippen LogP contribution >= 0.6 is 11.6 Å². The highest BCUT2D eigenvalue weighted by Crippen LogP contribution is 2.38. The van der Waals surface area contributed by atoms with Crippen LogP contribution in [0.4, 0.5) is 5.69 Å². The average molecular weight is 469 g/mol. The Kier molecular flexibility index (Phi) is 8.10. The van der Waals surface area contributed by atoms with Crippen LogP contribution in [0.2, 0.25) is 5.02 Å². The third-order valence-corrected chi connectivity index (χ3v) is 5.23. The van der Waals surface area contributed by atoms with E-state index in [2.05, 4.69) is 20.6 Å². The molecule has 1 amide bonds. The van der Waals surface area contributed by atoms with Gasteiger partial charge in [0.25, 0.3) is 5.91 Å². The van der Waals surface area contributed by atoms with Crippen LogP contribution in [0.5, 0.6) is 17.2 Å². The minimum absolute atomic E-state index is 0.253. The number of aliphatic imine (C=N–C) groups is 1. The summed E-state index contributed by atoms with van der Waals surface area (Å²) in [4.78, 5) is 21.8. The Morgan fingerprint density at radius 2 is 1.79 bits per heavy atom. The van der Waals surface area contributed by atoms with E-state index in [-0.39, 0.29) is 5.96 Å². The second-order valence-corrected chi connectivity index (χ2v) is 7.34. The van der Waals surface area contributed by atoms with Crippen molar-refractivity contribution in [2.24, 2.45) is 4.99 Å². The van der Waals surface area contributed by atoms with Crippen molar-refractivity contribution in [2.45, 2.75) is 13.5 Å². The molecule has 2 N–H and O–H groups in total. The summed E-state index contributed by atoms with van der Waals surface area (Å²) in [6.07, 6.45) is 3.40. The van der Waals surface area contributed by atoms with Crippen molar-refractivity contribution in [1.29, 1.82) is 0 Å². The van der Waals surface area contributed by atoms with Crippen molar-refractivity contribution in [3.63, 3.8) is 0 Å². The minimum atomic E-state index is -0.411. The summed E-state index contributed by atoms with van der Waals surface area (Å²) in [5, 5.41) is 6.59. The molecule has 33 heavy (non-hydrogen) atoms. The van der Waals surface area contributed by atoms with Crippen molar-refractivity contribution in [2.75, 3.05) is 26.6 Å². The summed E-state index contributed by atoms with van der Waals surface area (Å²) in [6.45, 7) is 2.19. The van der Waals surface area contributed by atoms with E-state index in [1.165, 1.54) is 21.3 Å². The van der Waals surface area contributed by atoms with Crippen LogP contribution in [0, 0.1) is 6.92 Å². The smallest absolute Gasteiger partial charge is 0.258 e. The zero-order chi connectivity index (χ0) is 23.8. The van der Waals surface area contributed by atoms with Gasteiger partial charge in [0.15, 0.2) is 11.5 Å². The van der Waals surface area contributed by atoms with Crippen LogP contribution < -0.4 is 24.8 Å². The van der Waals surface area contributed by atoms with Crippen LogP contribution in [0.15, 0.2) is 59.9 Å². The molecular formula is C24H25ClN4O4. The standard InChI is InChI=1S/C24H25ClN4O4/c1-15-18(25)8-5-9-19(15)28-24(27-14-16-7-6-10-26-13-16)29-23(30)17-11-20(31-2)22(33-4)21(12-17)32-3/h5-13H,14H2,1-4H3,(H2,27,28,29,30). The van der Waals surface area contributed by atoms with Gasteiger partial charge in [-0.25, -0.2) is 4.99 Å². The number of nitrogens with zero attached hydrogens (tertiary/aromatic N) is 2. The molecular weight excluding hydrogens is 444 g/mol. The number of nitrogens with one attached hydrogen (secondary N) is 2. The monoisotopic (exact) mass is 468 g/mol. The molecule has 0 spiro atoms. The van der Waals surface area contributed by atoms with E-state index >= 15 is 0 Å². The van der Waals surface area contributed by atoms with Gasteiger partial charge < -0.3 is 19.5 Å². The molecule has 0 fully saturated rings. The van der Waals surface area contributed by atoms with E-state index in [4.69, 9.17) is 25.8 Å². The quantitative estimate of drug-likeness (QED) is 0.392. The molecule has 172 valence electrons. The number of guanidine groups is 1. The van der Waals surface area contributed by atoms with Crippen molar-refractivity contribution in [3.8, 4) is 17.2 Å². The molecule has 0 aliphatic rings. The Morgan fingerprint density at radius 3 is 2.39 bits per heavy atom.